The van der Waals surface area contributed by atoms with Crippen molar-refractivity contribution in [2.75, 3.05) is 0 Å². The fourth-order valence-corrected chi connectivity index (χ4v) is 2.12. The lowest BCUT2D eigenvalue weighted by molar-refractivity contribution is 0.497. The van der Waals surface area contributed by atoms with Gasteiger partial charge in [-0.25, -0.2) is 0 Å². The zero-order chi connectivity index (χ0) is 12.1. The standard InChI is InChI=1S/C15H17BrO/c1-2-3-4-5-15-10-13(11-17-15)12-6-8-14(16)9-7-12/h6-11H,2-5H2,1H3. The Bertz CT molecular complexity index is 456. The predicted octanol–water partition coefficient (Wildman–Crippen LogP) is 5.44. The van der Waals surface area contributed by atoms with E-state index in [0.29, 0.717) is 0 Å². The molecule has 0 unspecified atom stereocenters. The van der Waals surface area contributed by atoms with Crippen molar-refractivity contribution in [2.45, 2.75) is 32.6 Å². The smallest absolute Gasteiger partial charge is 0.104 e. The molecular formula is C15H17BrO. The van der Waals surface area contributed by atoms with Gasteiger partial charge in [-0.05, 0) is 30.2 Å². The summed E-state index contributed by atoms with van der Waals surface area (Å²) in [5, 5.41) is 0. The molecular weight excluding hydrogens is 276 g/mol. The molecule has 1 nitrogen and oxygen atoms in total. The van der Waals surface area contributed by atoms with Crippen LogP contribution in [0.2, 0.25) is 0 Å². The number of hydrogen-bond donors (Lipinski definition) is 0. The van der Waals surface area contributed by atoms with E-state index in [1.807, 2.05) is 6.26 Å². The summed E-state index contributed by atoms with van der Waals surface area (Å²) < 4.78 is 6.69. The summed E-state index contributed by atoms with van der Waals surface area (Å²) in [5.41, 5.74) is 2.38. The van der Waals surface area contributed by atoms with Crippen LogP contribution in [-0.2, 0) is 6.42 Å². The average molecular weight is 293 g/mol. The highest BCUT2D eigenvalue weighted by Gasteiger charge is 2.03. The number of benzene rings is 1. The van der Waals surface area contributed by atoms with Gasteiger partial charge in [0.2, 0.25) is 0 Å². The third-order valence-corrected chi connectivity index (χ3v) is 3.39. The van der Waals surface area contributed by atoms with E-state index in [-0.39, 0.29) is 0 Å². The lowest BCUT2D eigenvalue weighted by Gasteiger charge is -1.96. The maximum absolute atomic E-state index is 5.58. The highest BCUT2D eigenvalue weighted by atomic mass is 79.9. The lowest BCUT2D eigenvalue weighted by Crippen LogP contribution is -1.81. The second-order valence-corrected chi connectivity index (χ2v) is 5.18. The first kappa shape index (κ1) is 12.4. The molecule has 2 aromatic rings. The van der Waals surface area contributed by atoms with E-state index in [1.165, 1.54) is 30.4 Å². The van der Waals surface area contributed by atoms with Crippen LogP contribution in [0.15, 0.2) is 45.5 Å². The molecule has 1 aromatic carbocycles. The first-order valence-corrected chi connectivity index (χ1v) is 6.92. The van der Waals surface area contributed by atoms with Gasteiger partial charge in [-0.15, -0.1) is 0 Å². The van der Waals surface area contributed by atoms with Crippen LogP contribution in [0.4, 0.5) is 0 Å². The molecule has 0 N–H and O–H groups in total. The van der Waals surface area contributed by atoms with Gasteiger partial charge in [0.1, 0.15) is 5.76 Å². The van der Waals surface area contributed by atoms with Crippen molar-refractivity contribution < 1.29 is 4.42 Å². The van der Waals surface area contributed by atoms with Gasteiger partial charge in [0.05, 0.1) is 6.26 Å². The minimum absolute atomic E-state index is 1.05. The van der Waals surface area contributed by atoms with Crippen molar-refractivity contribution in [3.63, 3.8) is 0 Å². The molecule has 0 aliphatic heterocycles. The first-order chi connectivity index (χ1) is 8.29. The van der Waals surface area contributed by atoms with Gasteiger partial charge in [-0.2, -0.15) is 0 Å². The van der Waals surface area contributed by atoms with Gasteiger partial charge < -0.3 is 4.42 Å². The average Bonchev–Trinajstić information content (AvgIpc) is 2.79. The zero-order valence-corrected chi connectivity index (χ0v) is 11.7. The van der Waals surface area contributed by atoms with Crippen molar-refractivity contribution in [1.29, 1.82) is 0 Å². The van der Waals surface area contributed by atoms with Gasteiger partial charge in [-0.3, -0.25) is 0 Å². The van der Waals surface area contributed by atoms with Gasteiger partial charge in [-0.1, -0.05) is 47.8 Å². The van der Waals surface area contributed by atoms with Crippen molar-refractivity contribution in [2.24, 2.45) is 0 Å². The van der Waals surface area contributed by atoms with Gasteiger partial charge in [0.25, 0.3) is 0 Å². The summed E-state index contributed by atoms with van der Waals surface area (Å²) in [6, 6.07) is 10.5. The van der Waals surface area contributed by atoms with Crippen molar-refractivity contribution in [3.05, 3.63) is 46.8 Å². The Kier molecular flexibility index (Phi) is 4.43. The predicted molar refractivity (Wildman–Crippen MR) is 75.1 cm³/mol. The van der Waals surface area contributed by atoms with E-state index >= 15 is 0 Å². The second-order valence-electron chi connectivity index (χ2n) is 4.27. The van der Waals surface area contributed by atoms with Crippen molar-refractivity contribution >= 4 is 15.9 Å². The molecule has 1 aromatic heterocycles. The van der Waals surface area contributed by atoms with Crippen LogP contribution in [-0.4, -0.2) is 0 Å². The molecule has 2 heteroatoms. The third kappa shape index (κ3) is 3.47. The number of aryl methyl sites for hydroxylation is 1. The van der Waals surface area contributed by atoms with E-state index in [0.717, 1.165) is 16.7 Å². The third-order valence-electron chi connectivity index (χ3n) is 2.86. The normalized spacial score (nSPS) is 10.7. The summed E-state index contributed by atoms with van der Waals surface area (Å²) >= 11 is 3.44. The van der Waals surface area contributed by atoms with Gasteiger partial charge in [0.15, 0.2) is 0 Å². The monoisotopic (exact) mass is 292 g/mol. The number of hydrogen-bond acceptors (Lipinski definition) is 1. The Morgan fingerprint density at radius 1 is 1.06 bits per heavy atom. The second kappa shape index (κ2) is 6.06. The van der Waals surface area contributed by atoms with E-state index < -0.39 is 0 Å². The first-order valence-electron chi connectivity index (χ1n) is 6.13. The number of rotatable bonds is 5. The van der Waals surface area contributed by atoms with Gasteiger partial charge >= 0.3 is 0 Å². The summed E-state index contributed by atoms with van der Waals surface area (Å²) in [7, 11) is 0. The van der Waals surface area contributed by atoms with Crippen LogP contribution >= 0.6 is 15.9 Å². The quantitative estimate of drug-likeness (QED) is 0.669. The lowest BCUT2D eigenvalue weighted by atomic mass is 10.1. The molecule has 0 fully saturated rings. The number of halogens is 1. The molecule has 0 saturated heterocycles. The summed E-state index contributed by atoms with van der Waals surface area (Å²) in [6.07, 6.45) is 6.63. The molecule has 0 aliphatic rings. The van der Waals surface area contributed by atoms with Crippen LogP contribution in [0, 0.1) is 0 Å². The molecule has 2 rings (SSSR count). The molecule has 0 bridgehead atoms. The van der Waals surface area contributed by atoms with Crippen LogP contribution in [0.5, 0.6) is 0 Å². The molecule has 0 radical (unpaired) electrons. The van der Waals surface area contributed by atoms with Crippen LogP contribution in [0.1, 0.15) is 31.9 Å². The SMILES string of the molecule is CCCCCc1cc(-c2ccc(Br)cc2)co1. The van der Waals surface area contributed by atoms with E-state index in [4.69, 9.17) is 4.42 Å². The van der Waals surface area contributed by atoms with Crippen LogP contribution in [0.3, 0.4) is 0 Å². The maximum atomic E-state index is 5.58. The Morgan fingerprint density at radius 2 is 1.82 bits per heavy atom. The van der Waals surface area contributed by atoms with E-state index in [9.17, 15) is 0 Å². The molecule has 0 saturated carbocycles. The topological polar surface area (TPSA) is 13.1 Å². The Balaban J connectivity index is 2.04. The van der Waals surface area contributed by atoms with Gasteiger partial charge in [0, 0.05) is 16.5 Å². The molecule has 90 valence electrons. The Labute approximate surface area is 111 Å². The summed E-state index contributed by atoms with van der Waals surface area (Å²) in [4.78, 5) is 0. The maximum Gasteiger partial charge on any atom is 0.104 e. The van der Waals surface area contributed by atoms with Crippen molar-refractivity contribution in [3.8, 4) is 11.1 Å². The van der Waals surface area contributed by atoms with E-state index in [1.54, 1.807) is 0 Å². The molecule has 0 aliphatic carbocycles. The minimum atomic E-state index is 1.05. The van der Waals surface area contributed by atoms with Crippen LogP contribution in [0.25, 0.3) is 11.1 Å². The largest absolute Gasteiger partial charge is 0.469 e. The molecule has 17 heavy (non-hydrogen) atoms. The highest BCUT2D eigenvalue weighted by molar-refractivity contribution is 9.10. The van der Waals surface area contributed by atoms with E-state index in [2.05, 4.69) is 53.2 Å². The summed E-state index contributed by atoms with van der Waals surface area (Å²) in [6.45, 7) is 2.22. The molecule has 0 atom stereocenters. The zero-order valence-electron chi connectivity index (χ0n) is 10.1. The highest BCUT2D eigenvalue weighted by Crippen LogP contribution is 2.24. The minimum Gasteiger partial charge on any atom is -0.469 e. The fourth-order valence-electron chi connectivity index (χ4n) is 1.85. The number of unbranched alkanes of at least 4 members (excludes halogenated alkanes) is 2. The molecule has 0 spiro atoms. The Hall–Kier alpha value is -1.02. The molecule has 0 amide bonds. The molecule has 1 heterocycles. The fraction of sp³-hybridized carbons (Fsp3) is 0.333. The Morgan fingerprint density at radius 3 is 2.53 bits per heavy atom. The van der Waals surface area contributed by atoms with Crippen LogP contribution < -0.4 is 0 Å². The summed E-state index contributed by atoms with van der Waals surface area (Å²) in [5.74, 6) is 1.09. The number of furan rings is 1. The van der Waals surface area contributed by atoms with Crippen molar-refractivity contribution in [1.82, 2.24) is 0 Å².